The largest absolute Gasteiger partial charge is 0.497 e. The van der Waals surface area contributed by atoms with Gasteiger partial charge in [0.15, 0.2) is 0 Å². The van der Waals surface area contributed by atoms with E-state index in [0.29, 0.717) is 27.9 Å². The summed E-state index contributed by atoms with van der Waals surface area (Å²) in [5.41, 5.74) is -0.205. The third kappa shape index (κ3) is 5.98. The minimum atomic E-state index is -1.46. The Morgan fingerprint density at radius 2 is 1.77 bits per heavy atom. The smallest absolute Gasteiger partial charge is 0.313 e. The topological polar surface area (TPSA) is 135 Å². The van der Waals surface area contributed by atoms with Gasteiger partial charge in [0.05, 0.1) is 19.1 Å². The van der Waals surface area contributed by atoms with Gasteiger partial charge in [-0.05, 0) is 55.7 Å². The summed E-state index contributed by atoms with van der Waals surface area (Å²) in [5.74, 6) is -3.19. The number of anilines is 1. The maximum absolute atomic E-state index is 14.8. The van der Waals surface area contributed by atoms with Gasteiger partial charge in [0, 0.05) is 36.3 Å². The number of benzene rings is 2. The van der Waals surface area contributed by atoms with Crippen LogP contribution in [0.3, 0.4) is 0 Å². The Labute approximate surface area is 281 Å². The monoisotopic (exact) mass is 707 g/mol. The number of ether oxygens (including phenoxy) is 3. The molecule has 6 rings (SSSR count). The van der Waals surface area contributed by atoms with Crippen LogP contribution in [-0.2, 0) is 28.7 Å². The minimum absolute atomic E-state index is 0.0905. The fraction of sp³-hybridized carbons (Fsp3) is 0.429. The molecule has 2 aromatic carbocycles. The minimum Gasteiger partial charge on any atom is -0.497 e. The number of carbonyl (C=O) groups excluding carboxylic acids is 4. The van der Waals surface area contributed by atoms with E-state index in [-0.39, 0.29) is 38.4 Å². The fourth-order valence-electron chi connectivity index (χ4n) is 7.20. The molecule has 0 radical (unpaired) electrons. The molecule has 2 N–H and O–H groups in total. The van der Waals surface area contributed by atoms with Crippen molar-refractivity contribution < 1.29 is 38.5 Å². The van der Waals surface area contributed by atoms with E-state index in [9.17, 15) is 24.3 Å². The van der Waals surface area contributed by atoms with Crippen molar-refractivity contribution in [3.8, 4) is 5.75 Å². The molecule has 1 spiro atoms. The van der Waals surface area contributed by atoms with E-state index in [1.807, 2.05) is 42.5 Å². The third-order valence-corrected chi connectivity index (χ3v) is 10.0. The van der Waals surface area contributed by atoms with Gasteiger partial charge in [-0.3, -0.25) is 19.2 Å². The predicted octanol–water partition coefficient (Wildman–Crippen LogP) is 3.42. The molecular weight excluding hydrogens is 670 g/mol. The molecule has 0 saturated carbocycles. The number of fused-ring (bicyclic) bond motifs is 2. The van der Waals surface area contributed by atoms with Crippen LogP contribution in [0.5, 0.6) is 5.75 Å². The first-order valence-corrected chi connectivity index (χ1v) is 16.6. The summed E-state index contributed by atoms with van der Waals surface area (Å²) in [6.45, 7) is 1.83. The van der Waals surface area contributed by atoms with Crippen LogP contribution in [0.4, 0.5) is 5.69 Å². The number of esters is 1. The van der Waals surface area contributed by atoms with Crippen LogP contribution < -0.4 is 15.0 Å². The van der Waals surface area contributed by atoms with Crippen molar-refractivity contribution >= 4 is 45.3 Å². The van der Waals surface area contributed by atoms with Gasteiger partial charge in [0.25, 0.3) is 5.91 Å². The number of methoxy groups -OCH3 is 1. The third-order valence-electron chi connectivity index (χ3n) is 9.35. The summed E-state index contributed by atoms with van der Waals surface area (Å²) in [7, 11) is 1.55. The first kappa shape index (κ1) is 32.9. The molecule has 248 valence electrons. The molecule has 3 amide bonds. The Hall–Kier alpha value is -4.00. The van der Waals surface area contributed by atoms with Gasteiger partial charge >= 0.3 is 5.97 Å². The number of aliphatic hydroxyl groups excluding tert-OH is 1. The number of amides is 3. The second kappa shape index (κ2) is 13.6. The second-order valence-electron chi connectivity index (χ2n) is 12.2. The van der Waals surface area contributed by atoms with Crippen LogP contribution in [-0.4, -0.2) is 84.3 Å². The molecule has 4 aliphatic rings. The summed E-state index contributed by atoms with van der Waals surface area (Å²) >= 11 is 3.58. The van der Waals surface area contributed by atoms with Crippen LogP contribution in [0.15, 0.2) is 77.3 Å². The number of rotatable bonds is 6. The van der Waals surface area contributed by atoms with Crippen LogP contribution in [0, 0.1) is 11.8 Å². The molecule has 0 unspecified atom stereocenters. The fourth-order valence-corrected chi connectivity index (χ4v) is 7.93. The number of nitrogens with one attached hydrogen (secondary N) is 1. The average Bonchev–Trinajstić information content (AvgIpc) is 3.66. The number of allylic oxidation sites excluding steroid dienone is 1. The zero-order chi connectivity index (χ0) is 33.3. The van der Waals surface area contributed by atoms with Crippen molar-refractivity contribution in [2.75, 3.05) is 31.7 Å². The Kier molecular flexibility index (Phi) is 9.54. The van der Waals surface area contributed by atoms with Crippen LogP contribution in [0.25, 0.3) is 0 Å². The lowest BCUT2D eigenvalue weighted by Crippen LogP contribution is -2.56. The molecule has 2 fully saturated rings. The average molecular weight is 709 g/mol. The molecule has 4 heterocycles. The molecule has 47 heavy (non-hydrogen) atoms. The highest BCUT2D eigenvalue weighted by Crippen LogP contribution is 2.59. The molecule has 2 saturated heterocycles. The summed E-state index contributed by atoms with van der Waals surface area (Å²) in [4.78, 5) is 59.4. The van der Waals surface area contributed by atoms with Crippen molar-refractivity contribution in [3.63, 3.8) is 0 Å². The van der Waals surface area contributed by atoms with Crippen molar-refractivity contribution in [3.05, 3.63) is 82.9 Å². The van der Waals surface area contributed by atoms with E-state index in [1.54, 1.807) is 49.3 Å². The van der Waals surface area contributed by atoms with E-state index in [1.165, 1.54) is 4.90 Å². The highest BCUT2D eigenvalue weighted by atomic mass is 79.9. The Balaban J connectivity index is 1.46. The molecule has 0 aromatic heterocycles. The number of hydrogen-bond donors (Lipinski definition) is 2. The number of hydrogen-bond acceptors (Lipinski definition) is 8. The van der Waals surface area contributed by atoms with Crippen molar-refractivity contribution in [1.29, 1.82) is 0 Å². The number of nitrogens with zero attached hydrogens (tertiary/aromatic N) is 2. The van der Waals surface area contributed by atoms with Gasteiger partial charge in [-0.25, -0.2) is 0 Å². The molecule has 5 bridgehead atoms. The summed E-state index contributed by atoms with van der Waals surface area (Å²) in [5, 5.41) is 12.7. The number of aliphatic hydroxyl groups is 1. The zero-order valence-electron chi connectivity index (χ0n) is 26.2. The zero-order valence-corrected chi connectivity index (χ0v) is 27.8. The van der Waals surface area contributed by atoms with E-state index < -0.39 is 59.5 Å². The van der Waals surface area contributed by atoms with Crippen molar-refractivity contribution in [1.82, 2.24) is 10.2 Å². The number of halogens is 1. The van der Waals surface area contributed by atoms with Crippen LogP contribution in [0.2, 0.25) is 0 Å². The standard InChI is InChI=1S/C35H38BrN3O8/c1-21-29(22-10-5-3-6-11-22)46-34(44)27-28-32(42)39(18-9-19-40)31(35(28)20-25(36)30(27)47-35)33(43)38(17-8-4-7-12-26(41)37-21)23-13-15-24(45-2)16-14-23/h3-6,8,10-11,13-16,20-21,27-31,40H,7,9,12,17-19H2,1-2H3,(H,37,41)/b8-4-/t21-,27+,28-,29+,30+,31+,35-/m1/s1. The Morgan fingerprint density at radius 3 is 2.47 bits per heavy atom. The van der Waals surface area contributed by atoms with Gasteiger partial charge in [-0.15, -0.1) is 0 Å². The molecular formula is C35H38BrN3O8. The van der Waals surface area contributed by atoms with Gasteiger partial charge in [-0.1, -0.05) is 58.4 Å². The lowest BCUT2D eigenvalue weighted by atomic mass is 9.74. The molecule has 11 nitrogen and oxygen atoms in total. The van der Waals surface area contributed by atoms with Crippen LogP contribution in [0.1, 0.15) is 37.9 Å². The quantitative estimate of drug-likeness (QED) is 0.345. The van der Waals surface area contributed by atoms with E-state index in [0.717, 1.165) is 0 Å². The summed E-state index contributed by atoms with van der Waals surface area (Å²) < 4.78 is 18.6. The maximum Gasteiger partial charge on any atom is 0.313 e. The van der Waals surface area contributed by atoms with Gasteiger partial charge in [0.1, 0.15) is 35.5 Å². The normalized spacial score (nSPS) is 31.7. The molecule has 2 aromatic rings. The summed E-state index contributed by atoms with van der Waals surface area (Å²) in [6.07, 6.45) is 4.56. The highest BCUT2D eigenvalue weighted by molar-refractivity contribution is 9.11. The van der Waals surface area contributed by atoms with E-state index >= 15 is 0 Å². The molecule has 7 atom stereocenters. The lowest BCUT2D eigenvalue weighted by molar-refractivity contribution is -0.161. The molecule has 4 aliphatic heterocycles. The number of carbonyl (C=O) groups is 4. The van der Waals surface area contributed by atoms with Crippen molar-refractivity contribution in [2.24, 2.45) is 11.8 Å². The van der Waals surface area contributed by atoms with E-state index in [2.05, 4.69) is 21.2 Å². The predicted molar refractivity (Wildman–Crippen MR) is 175 cm³/mol. The van der Waals surface area contributed by atoms with Crippen molar-refractivity contribution in [2.45, 2.75) is 56.1 Å². The van der Waals surface area contributed by atoms with Crippen LogP contribution >= 0.6 is 15.9 Å². The van der Waals surface area contributed by atoms with E-state index in [4.69, 9.17) is 14.2 Å². The first-order valence-electron chi connectivity index (χ1n) is 15.8. The molecule has 0 aliphatic carbocycles. The van der Waals surface area contributed by atoms with Gasteiger partial charge in [-0.2, -0.15) is 0 Å². The Morgan fingerprint density at radius 1 is 1.02 bits per heavy atom. The number of likely N-dealkylation sites (tertiary alicyclic amines) is 1. The summed E-state index contributed by atoms with van der Waals surface area (Å²) in [6, 6.07) is 14.4. The SMILES string of the molecule is COc1ccc(N2C/C=C\CCC(=O)N[C@H](C)[C@@H](c3ccccc3)OC(=O)[C@@H]3[C@H]4O[C@@]5(C=C4Br)[C@H](C2=O)N(CCCO)C(=O)[C@@H]35)cc1. The number of cyclic esters (lactones) is 1. The lowest BCUT2D eigenvalue weighted by Gasteiger charge is -2.36. The second-order valence-corrected chi connectivity index (χ2v) is 13.1. The van der Waals surface area contributed by atoms with Gasteiger partial charge in [0.2, 0.25) is 11.8 Å². The first-order chi connectivity index (χ1) is 22.7. The Bertz CT molecular complexity index is 1580. The highest BCUT2D eigenvalue weighted by Gasteiger charge is 2.75. The molecule has 12 heteroatoms. The van der Waals surface area contributed by atoms with Gasteiger partial charge < -0.3 is 34.4 Å². The maximum atomic E-state index is 14.8.